The number of hydrogen-bond donors (Lipinski definition) is 0. The summed E-state index contributed by atoms with van der Waals surface area (Å²) in [7, 11) is 0. The molecule has 0 fully saturated rings. The van der Waals surface area contributed by atoms with Crippen molar-refractivity contribution in [2.45, 2.75) is 39.2 Å². The average molecular weight is 213 g/mol. The second kappa shape index (κ2) is 5.07. The quantitative estimate of drug-likeness (QED) is 0.538. The third kappa shape index (κ3) is 2.07. The van der Waals surface area contributed by atoms with E-state index in [4.69, 9.17) is 0 Å². The topological polar surface area (TPSA) is 3.24 Å². The van der Waals surface area contributed by atoms with E-state index in [1.165, 1.54) is 30.4 Å². The van der Waals surface area contributed by atoms with Crippen LogP contribution in [0.2, 0.25) is 0 Å². The molecule has 0 amide bonds. The molecule has 0 spiro atoms. The first-order valence-corrected chi connectivity index (χ1v) is 6.13. The number of benzene rings is 1. The third-order valence-electron chi connectivity index (χ3n) is 3.31. The first-order valence-electron chi connectivity index (χ1n) is 6.13. The molecule has 16 heavy (non-hydrogen) atoms. The molecule has 1 aromatic carbocycles. The standard InChI is InChI=1S/C15H19N/c1-3-12-16(4-2)15-11-7-9-13-8-5-6-10-14(13)15/h5-6,8,10,15H,4,7,9,11H2,1-2H3. The Labute approximate surface area is 98.5 Å². The molecule has 0 heterocycles. The van der Waals surface area contributed by atoms with Gasteiger partial charge in [-0.2, -0.15) is 0 Å². The van der Waals surface area contributed by atoms with E-state index in [0.29, 0.717) is 6.04 Å². The van der Waals surface area contributed by atoms with Crippen molar-refractivity contribution >= 4 is 0 Å². The molecule has 0 saturated carbocycles. The minimum Gasteiger partial charge on any atom is -0.325 e. The Morgan fingerprint density at radius 3 is 2.94 bits per heavy atom. The Bertz CT molecular complexity index is 411. The summed E-state index contributed by atoms with van der Waals surface area (Å²) in [5.74, 6) is 3.02. The van der Waals surface area contributed by atoms with Gasteiger partial charge in [0.15, 0.2) is 0 Å². The van der Waals surface area contributed by atoms with Crippen molar-refractivity contribution in [1.82, 2.24) is 4.90 Å². The molecule has 1 aromatic rings. The van der Waals surface area contributed by atoms with Gasteiger partial charge in [-0.25, -0.2) is 0 Å². The van der Waals surface area contributed by atoms with Crippen LogP contribution < -0.4 is 0 Å². The van der Waals surface area contributed by atoms with Gasteiger partial charge in [-0.1, -0.05) is 30.2 Å². The maximum Gasteiger partial charge on any atom is 0.0623 e. The second-order valence-electron chi connectivity index (χ2n) is 4.25. The van der Waals surface area contributed by atoms with Gasteiger partial charge in [0.1, 0.15) is 0 Å². The highest BCUT2D eigenvalue weighted by atomic mass is 15.1. The fourth-order valence-electron chi connectivity index (χ4n) is 2.57. The molecular weight excluding hydrogens is 194 g/mol. The zero-order chi connectivity index (χ0) is 11.4. The zero-order valence-corrected chi connectivity index (χ0v) is 10.2. The molecule has 84 valence electrons. The minimum atomic E-state index is 0.502. The predicted molar refractivity (Wildman–Crippen MR) is 68.0 cm³/mol. The van der Waals surface area contributed by atoms with Crippen LogP contribution in [0.5, 0.6) is 0 Å². The number of nitrogens with zero attached hydrogens (tertiary/aromatic N) is 1. The van der Waals surface area contributed by atoms with Crippen molar-refractivity contribution in [3.8, 4) is 12.0 Å². The van der Waals surface area contributed by atoms with Crippen LogP contribution in [0.4, 0.5) is 0 Å². The Balaban J connectivity index is 2.32. The lowest BCUT2D eigenvalue weighted by atomic mass is 9.87. The van der Waals surface area contributed by atoms with Crippen LogP contribution in [0.3, 0.4) is 0 Å². The van der Waals surface area contributed by atoms with Gasteiger partial charge in [-0.05, 0) is 44.2 Å². The summed E-state index contributed by atoms with van der Waals surface area (Å²) < 4.78 is 0. The van der Waals surface area contributed by atoms with Crippen molar-refractivity contribution in [1.29, 1.82) is 0 Å². The normalized spacial score (nSPS) is 18.2. The summed E-state index contributed by atoms with van der Waals surface area (Å²) in [6.07, 6.45) is 3.74. The van der Waals surface area contributed by atoms with Gasteiger partial charge >= 0.3 is 0 Å². The molecule has 1 aliphatic carbocycles. The van der Waals surface area contributed by atoms with E-state index in [2.05, 4.69) is 48.1 Å². The maximum absolute atomic E-state index is 3.23. The van der Waals surface area contributed by atoms with Gasteiger partial charge in [0.25, 0.3) is 0 Å². The van der Waals surface area contributed by atoms with Gasteiger partial charge in [0.05, 0.1) is 6.04 Å². The molecule has 1 heteroatoms. The van der Waals surface area contributed by atoms with Crippen molar-refractivity contribution in [3.05, 3.63) is 35.4 Å². The molecule has 0 N–H and O–H groups in total. The van der Waals surface area contributed by atoms with Gasteiger partial charge < -0.3 is 4.90 Å². The zero-order valence-electron chi connectivity index (χ0n) is 10.2. The molecule has 0 aromatic heterocycles. The van der Waals surface area contributed by atoms with E-state index in [-0.39, 0.29) is 0 Å². The molecule has 1 unspecified atom stereocenters. The third-order valence-corrected chi connectivity index (χ3v) is 3.31. The summed E-state index contributed by atoms with van der Waals surface area (Å²) in [4.78, 5) is 2.28. The van der Waals surface area contributed by atoms with E-state index in [0.717, 1.165) is 6.54 Å². The average Bonchev–Trinajstić information content (AvgIpc) is 2.35. The lowest BCUT2D eigenvalue weighted by molar-refractivity contribution is 0.280. The van der Waals surface area contributed by atoms with Gasteiger partial charge in [0, 0.05) is 12.6 Å². The number of aryl methyl sites for hydroxylation is 1. The SMILES string of the molecule is CC#CN(CC)C1CCCc2ccccc21. The number of hydrogen-bond acceptors (Lipinski definition) is 1. The highest BCUT2D eigenvalue weighted by Crippen LogP contribution is 2.33. The molecule has 1 aliphatic rings. The monoisotopic (exact) mass is 213 g/mol. The van der Waals surface area contributed by atoms with E-state index >= 15 is 0 Å². The van der Waals surface area contributed by atoms with Gasteiger partial charge in [-0.3, -0.25) is 0 Å². The van der Waals surface area contributed by atoms with E-state index in [9.17, 15) is 0 Å². The van der Waals surface area contributed by atoms with Gasteiger partial charge in [0.2, 0.25) is 0 Å². The Morgan fingerprint density at radius 2 is 2.19 bits per heavy atom. The van der Waals surface area contributed by atoms with E-state index in [1.807, 2.05) is 6.92 Å². The fourth-order valence-corrected chi connectivity index (χ4v) is 2.57. The molecule has 1 nitrogen and oxygen atoms in total. The predicted octanol–water partition coefficient (Wildman–Crippen LogP) is 3.37. The first kappa shape index (κ1) is 11.1. The molecule has 2 rings (SSSR count). The summed E-state index contributed by atoms with van der Waals surface area (Å²) >= 11 is 0. The highest BCUT2D eigenvalue weighted by Gasteiger charge is 2.23. The smallest absolute Gasteiger partial charge is 0.0623 e. The lowest BCUT2D eigenvalue weighted by Crippen LogP contribution is -2.27. The molecule has 0 aliphatic heterocycles. The van der Waals surface area contributed by atoms with E-state index in [1.54, 1.807) is 0 Å². The summed E-state index contributed by atoms with van der Waals surface area (Å²) in [5, 5.41) is 0. The second-order valence-corrected chi connectivity index (χ2v) is 4.25. The van der Waals surface area contributed by atoms with Crippen molar-refractivity contribution in [2.24, 2.45) is 0 Å². The molecule has 0 bridgehead atoms. The largest absolute Gasteiger partial charge is 0.325 e. The molecular formula is C15H19N. The Kier molecular flexibility index (Phi) is 3.51. The van der Waals surface area contributed by atoms with Gasteiger partial charge in [-0.15, -0.1) is 0 Å². The minimum absolute atomic E-state index is 0.502. The van der Waals surface area contributed by atoms with Crippen LogP contribution in [0, 0.1) is 12.0 Å². The highest BCUT2D eigenvalue weighted by molar-refractivity contribution is 5.32. The van der Waals surface area contributed by atoms with Crippen LogP contribution in [-0.2, 0) is 6.42 Å². The van der Waals surface area contributed by atoms with Crippen molar-refractivity contribution in [2.75, 3.05) is 6.54 Å². The molecule has 1 atom stereocenters. The van der Waals surface area contributed by atoms with Crippen LogP contribution >= 0.6 is 0 Å². The molecule has 0 saturated heterocycles. The van der Waals surface area contributed by atoms with Crippen LogP contribution in [0.25, 0.3) is 0 Å². The van der Waals surface area contributed by atoms with Crippen molar-refractivity contribution in [3.63, 3.8) is 0 Å². The summed E-state index contributed by atoms with van der Waals surface area (Å²) in [6.45, 7) is 5.10. The van der Waals surface area contributed by atoms with Crippen LogP contribution in [0.15, 0.2) is 24.3 Å². The first-order chi connectivity index (χ1) is 7.86. The summed E-state index contributed by atoms with van der Waals surface area (Å²) in [5.41, 5.74) is 2.99. The van der Waals surface area contributed by atoms with Crippen molar-refractivity contribution < 1.29 is 0 Å². The number of rotatable bonds is 2. The Morgan fingerprint density at radius 1 is 1.38 bits per heavy atom. The molecule has 0 radical (unpaired) electrons. The van der Waals surface area contributed by atoms with Crippen LogP contribution in [-0.4, -0.2) is 11.4 Å². The van der Waals surface area contributed by atoms with Crippen LogP contribution in [0.1, 0.15) is 43.9 Å². The summed E-state index contributed by atoms with van der Waals surface area (Å²) in [6, 6.07) is 12.5. The Hall–Kier alpha value is -1.42. The maximum atomic E-state index is 3.23. The number of fused-ring (bicyclic) bond motifs is 1. The van der Waals surface area contributed by atoms with E-state index < -0.39 is 0 Å². The lowest BCUT2D eigenvalue weighted by Gasteiger charge is -2.32. The fraction of sp³-hybridized carbons (Fsp3) is 0.467.